The molecule has 2 fully saturated rings. The Hall–Kier alpha value is -3.50. The van der Waals surface area contributed by atoms with Crippen LogP contribution in [0, 0.1) is 11.8 Å². The number of aliphatic hydroxyl groups excluding tert-OH is 1. The number of esters is 1. The zero-order chi connectivity index (χ0) is 29.4. The van der Waals surface area contributed by atoms with E-state index in [0.29, 0.717) is 19.4 Å². The van der Waals surface area contributed by atoms with Crippen LogP contribution < -0.4 is 5.32 Å². The normalized spacial score (nSPS) is 33.1. The molecule has 10 heteroatoms. The van der Waals surface area contributed by atoms with Crippen molar-refractivity contribution in [2.75, 3.05) is 26.3 Å². The van der Waals surface area contributed by atoms with Crippen molar-refractivity contribution in [3.8, 4) is 0 Å². The van der Waals surface area contributed by atoms with Crippen LogP contribution in [-0.2, 0) is 28.7 Å². The van der Waals surface area contributed by atoms with Crippen molar-refractivity contribution in [2.45, 2.75) is 69.4 Å². The van der Waals surface area contributed by atoms with Gasteiger partial charge in [-0.25, -0.2) is 0 Å². The van der Waals surface area contributed by atoms with Gasteiger partial charge in [0.05, 0.1) is 24.0 Å². The molecule has 2 saturated heterocycles. The average molecular weight is 566 g/mol. The van der Waals surface area contributed by atoms with Crippen LogP contribution in [0.25, 0.3) is 0 Å². The van der Waals surface area contributed by atoms with E-state index in [1.165, 1.54) is 4.90 Å². The van der Waals surface area contributed by atoms with Crippen LogP contribution in [0.1, 0.15) is 51.6 Å². The molecule has 5 rings (SSSR count). The van der Waals surface area contributed by atoms with E-state index in [1.54, 1.807) is 23.1 Å². The predicted molar refractivity (Wildman–Crippen MR) is 149 cm³/mol. The maximum atomic E-state index is 14.2. The Labute approximate surface area is 240 Å². The van der Waals surface area contributed by atoms with Gasteiger partial charge in [0.2, 0.25) is 17.7 Å². The van der Waals surface area contributed by atoms with Crippen LogP contribution >= 0.6 is 0 Å². The fraction of sp³-hybridized carbons (Fsp3) is 0.548. The Balaban J connectivity index is 1.59. The molecular weight excluding hydrogens is 526 g/mol. The van der Waals surface area contributed by atoms with Crippen LogP contribution in [0.4, 0.5) is 0 Å². The molecular formula is C31H39N3O7. The first-order chi connectivity index (χ1) is 19.6. The van der Waals surface area contributed by atoms with E-state index in [1.807, 2.05) is 57.2 Å². The number of hydrogen-bond donors (Lipinski definition) is 2. The molecule has 0 unspecified atom stereocenters. The average Bonchev–Trinajstić information content (AvgIpc) is 3.31. The third-order valence-corrected chi connectivity index (χ3v) is 8.43. The molecule has 2 N–H and O–H groups in total. The second-order valence-electron chi connectivity index (χ2n) is 12.1. The number of carbonyl (C=O) groups is 4. The van der Waals surface area contributed by atoms with Gasteiger partial charge in [0.15, 0.2) is 0 Å². The van der Waals surface area contributed by atoms with Gasteiger partial charge in [0.25, 0.3) is 0 Å². The van der Waals surface area contributed by atoms with Crippen molar-refractivity contribution >= 4 is 23.7 Å². The summed E-state index contributed by atoms with van der Waals surface area (Å²) in [6.07, 6.45) is 7.20. The zero-order valence-electron chi connectivity index (χ0n) is 23.8. The smallest absolute Gasteiger partial charge is 0.306 e. The number of hydrogen-bond acceptors (Lipinski definition) is 7. The quantitative estimate of drug-likeness (QED) is 0.422. The molecule has 0 aliphatic carbocycles. The molecule has 4 aliphatic heterocycles. The fourth-order valence-electron chi connectivity index (χ4n) is 6.52. The molecule has 220 valence electrons. The fourth-order valence-corrected chi connectivity index (χ4v) is 6.52. The second kappa shape index (κ2) is 11.4. The molecule has 3 amide bonds. The van der Waals surface area contributed by atoms with Gasteiger partial charge in [-0.15, -0.1) is 0 Å². The maximum Gasteiger partial charge on any atom is 0.306 e. The maximum absolute atomic E-state index is 14.2. The standard InChI is InChI=1S/C31H39N3O7/c1-30(2,3)34-17-9-15-31-25(28(38)33(16-10-18-35)26(31)29(34)39)24-22(41-31)13-7-8-14-23(36)40-19-21(32-27(24)37)20-11-5-4-6-12-20/h4-7,9,11-13,15,21-22,24-26,35H,8,10,14,16-19H2,1-3H3,(H,32,37)/b13-7-/t21-,22+,24-,25-,26+,31-/m1/s1. The molecule has 0 radical (unpaired) electrons. The number of ether oxygens (including phenoxy) is 2. The summed E-state index contributed by atoms with van der Waals surface area (Å²) >= 11 is 0. The number of likely N-dealkylation sites (tertiary alicyclic amines) is 1. The second-order valence-corrected chi connectivity index (χ2v) is 12.1. The number of benzene rings is 1. The van der Waals surface area contributed by atoms with E-state index in [2.05, 4.69) is 5.32 Å². The molecule has 0 aromatic heterocycles. The summed E-state index contributed by atoms with van der Waals surface area (Å²) in [5, 5.41) is 12.6. The van der Waals surface area contributed by atoms with E-state index < -0.39 is 47.1 Å². The lowest BCUT2D eigenvalue weighted by Gasteiger charge is -2.40. The van der Waals surface area contributed by atoms with Gasteiger partial charge in [0.1, 0.15) is 18.2 Å². The van der Waals surface area contributed by atoms with Crippen LogP contribution in [0.2, 0.25) is 0 Å². The van der Waals surface area contributed by atoms with Crippen molar-refractivity contribution in [1.82, 2.24) is 15.1 Å². The van der Waals surface area contributed by atoms with Crippen molar-refractivity contribution in [2.24, 2.45) is 11.8 Å². The van der Waals surface area contributed by atoms with Crippen LogP contribution in [0.3, 0.4) is 0 Å². The number of carbonyl (C=O) groups excluding carboxylic acids is 4. The minimum absolute atomic E-state index is 0.0511. The highest BCUT2D eigenvalue weighted by atomic mass is 16.5. The lowest BCUT2D eigenvalue weighted by atomic mass is 9.77. The third-order valence-electron chi connectivity index (χ3n) is 8.43. The highest BCUT2D eigenvalue weighted by molar-refractivity contribution is 6.00. The largest absolute Gasteiger partial charge is 0.463 e. The summed E-state index contributed by atoms with van der Waals surface area (Å²) in [5.74, 6) is -3.27. The lowest BCUT2D eigenvalue weighted by molar-refractivity contribution is -0.151. The summed E-state index contributed by atoms with van der Waals surface area (Å²) in [7, 11) is 0. The number of amides is 3. The number of nitrogens with zero attached hydrogens (tertiary/aromatic N) is 2. The molecule has 4 heterocycles. The first-order valence-corrected chi connectivity index (χ1v) is 14.3. The Morgan fingerprint density at radius 3 is 2.54 bits per heavy atom. The zero-order valence-corrected chi connectivity index (χ0v) is 23.8. The minimum atomic E-state index is -1.37. The number of cyclic esters (lactones) is 1. The number of aliphatic hydroxyl groups is 1. The van der Waals surface area contributed by atoms with Gasteiger partial charge in [-0.1, -0.05) is 54.6 Å². The van der Waals surface area contributed by atoms with Crippen molar-refractivity contribution in [3.63, 3.8) is 0 Å². The molecule has 1 aromatic rings. The third kappa shape index (κ3) is 5.30. The van der Waals surface area contributed by atoms with E-state index in [-0.39, 0.29) is 44.0 Å². The topological polar surface area (TPSA) is 125 Å². The van der Waals surface area contributed by atoms with Crippen molar-refractivity contribution in [1.29, 1.82) is 0 Å². The molecule has 6 atom stereocenters. The lowest BCUT2D eigenvalue weighted by Crippen LogP contribution is -2.58. The SMILES string of the molecule is CC(C)(C)N1CC=C[C@@]23O[C@H]4/C=C\CCC(=O)OC[C@H](c5ccccc5)NC(=O)[C@H]4[C@@H]2C(=O)N(CCCO)[C@H]3C1=O. The van der Waals surface area contributed by atoms with Crippen molar-refractivity contribution < 1.29 is 33.8 Å². The molecule has 1 spiro atoms. The molecule has 10 nitrogen and oxygen atoms in total. The Kier molecular flexibility index (Phi) is 8.07. The highest BCUT2D eigenvalue weighted by Gasteiger charge is 2.71. The number of rotatable bonds is 4. The van der Waals surface area contributed by atoms with Gasteiger partial charge in [-0.05, 0) is 39.2 Å². The van der Waals surface area contributed by atoms with Crippen LogP contribution in [0.15, 0.2) is 54.6 Å². The highest BCUT2D eigenvalue weighted by Crippen LogP contribution is 2.53. The molecule has 1 aromatic carbocycles. The predicted octanol–water partition coefficient (Wildman–Crippen LogP) is 1.90. The number of fused-ring (bicyclic) bond motifs is 2. The number of allylic oxidation sites excluding steroid dienone is 1. The number of nitrogens with one attached hydrogen (secondary N) is 1. The Morgan fingerprint density at radius 1 is 1.07 bits per heavy atom. The van der Waals surface area contributed by atoms with Gasteiger partial charge in [0, 0.05) is 31.7 Å². The Morgan fingerprint density at radius 2 is 1.83 bits per heavy atom. The van der Waals surface area contributed by atoms with Crippen LogP contribution in [-0.4, -0.2) is 88.2 Å². The monoisotopic (exact) mass is 565 g/mol. The first-order valence-electron chi connectivity index (χ1n) is 14.3. The van der Waals surface area contributed by atoms with E-state index in [9.17, 15) is 24.3 Å². The summed E-state index contributed by atoms with van der Waals surface area (Å²) < 4.78 is 12.2. The molecule has 0 saturated carbocycles. The van der Waals surface area contributed by atoms with E-state index in [4.69, 9.17) is 9.47 Å². The van der Waals surface area contributed by atoms with Gasteiger partial charge >= 0.3 is 5.97 Å². The summed E-state index contributed by atoms with van der Waals surface area (Å²) in [5.41, 5.74) is -1.12. The molecule has 0 bridgehead atoms. The van der Waals surface area contributed by atoms with Gasteiger partial charge in [-0.3, -0.25) is 19.2 Å². The van der Waals surface area contributed by atoms with E-state index in [0.717, 1.165) is 5.56 Å². The summed E-state index contributed by atoms with van der Waals surface area (Å²) in [6, 6.07) is 7.61. The molecule has 4 aliphatic rings. The van der Waals surface area contributed by atoms with Crippen molar-refractivity contribution in [3.05, 3.63) is 60.2 Å². The first kappa shape index (κ1) is 29.0. The Bertz CT molecular complexity index is 1240. The van der Waals surface area contributed by atoms with Gasteiger partial charge in [-0.2, -0.15) is 0 Å². The van der Waals surface area contributed by atoms with E-state index >= 15 is 0 Å². The van der Waals surface area contributed by atoms with Gasteiger partial charge < -0.3 is 29.7 Å². The van der Waals surface area contributed by atoms with Crippen LogP contribution in [0.5, 0.6) is 0 Å². The minimum Gasteiger partial charge on any atom is -0.463 e. The summed E-state index contributed by atoms with van der Waals surface area (Å²) in [6.45, 7) is 6.13. The summed E-state index contributed by atoms with van der Waals surface area (Å²) in [4.78, 5) is 58.2. The molecule has 41 heavy (non-hydrogen) atoms.